The van der Waals surface area contributed by atoms with Gasteiger partial charge in [0.25, 0.3) is 0 Å². The summed E-state index contributed by atoms with van der Waals surface area (Å²) >= 11 is 0. The second-order valence-electron chi connectivity index (χ2n) is 5.54. The quantitative estimate of drug-likeness (QED) is 0.849. The van der Waals surface area contributed by atoms with E-state index in [0.717, 1.165) is 5.56 Å². The van der Waals surface area contributed by atoms with Gasteiger partial charge in [0.05, 0.1) is 12.3 Å². The number of ether oxygens (including phenoxy) is 1. The van der Waals surface area contributed by atoms with Crippen molar-refractivity contribution < 1.29 is 19.4 Å². The monoisotopic (exact) mass is 264 g/mol. The summed E-state index contributed by atoms with van der Waals surface area (Å²) < 4.78 is 5.18. The van der Waals surface area contributed by atoms with Crippen molar-refractivity contribution in [1.29, 1.82) is 0 Å². The Labute approximate surface area is 113 Å². The molecule has 0 radical (unpaired) electrons. The van der Waals surface area contributed by atoms with Crippen LogP contribution in [0.1, 0.15) is 44.2 Å². The lowest BCUT2D eigenvalue weighted by atomic mass is 9.92. The van der Waals surface area contributed by atoms with Gasteiger partial charge in [-0.2, -0.15) is 0 Å². The van der Waals surface area contributed by atoms with Crippen molar-refractivity contribution in [2.75, 3.05) is 0 Å². The third-order valence-corrected chi connectivity index (χ3v) is 2.65. The Morgan fingerprint density at radius 3 is 2.32 bits per heavy atom. The van der Waals surface area contributed by atoms with Gasteiger partial charge in [-0.15, -0.1) is 0 Å². The van der Waals surface area contributed by atoms with Crippen LogP contribution in [-0.2, 0) is 14.3 Å². The first kappa shape index (κ1) is 15.2. The predicted octanol–water partition coefficient (Wildman–Crippen LogP) is 2.90. The molecule has 0 bridgehead atoms. The number of hydrogen-bond acceptors (Lipinski definition) is 3. The summed E-state index contributed by atoms with van der Waals surface area (Å²) in [7, 11) is 0. The molecular weight excluding hydrogens is 244 g/mol. The van der Waals surface area contributed by atoms with Crippen LogP contribution in [-0.4, -0.2) is 22.6 Å². The Kier molecular flexibility index (Phi) is 4.70. The van der Waals surface area contributed by atoms with Crippen LogP contribution in [0.15, 0.2) is 24.3 Å². The number of carbonyl (C=O) groups is 2. The van der Waals surface area contributed by atoms with Gasteiger partial charge in [0.1, 0.15) is 5.60 Å². The van der Waals surface area contributed by atoms with E-state index in [2.05, 4.69) is 0 Å². The molecule has 0 fully saturated rings. The molecule has 4 heteroatoms. The number of hydrogen-bond donors (Lipinski definition) is 1. The minimum atomic E-state index is -1.01. The zero-order chi connectivity index (χ0) is 14.6. The molecule has 1 aromatic carbocycles. The Morgan fingerprint density at radius 2 is 1.84 bits per heavy atom. The molecule has 0 saturated carbocycles. The van der Waals surface area contributed by atoms with Gasteiger partial charge >= 0.3 is 11.9 Å². The van der Waals surface area contributed by atoms with E-state index in [1.54, 1.807) is 32.9 Å². The number of carboxylic acids is 1. The van der Waals surface area contributed by atoms with E-state index in [9.17, 15) is 14.7 Å². The van der Waals surface area contributed by atoms with E-state index in [1.807, 2.05) is 19.1 Å². The smallest absolute Gasteiger partial charge is 0.311 e. The SMILES string of the molecule is Cc1ccccc1[C@H](CC(=O)OC(C)(C)C)C(=O)O. The zero-order valence-corrected chi connectivity index (χ0v) is 11.8. The molecule has 0 aliphatic rings. The molecule has 0 aliphatic heterocycles. The zero-order valence-electron chi connectivity index (χ0n) is 11.8. The number of carbonyl (C=O) groups excluding carboxylic acids is 1. The summed E-state index contributed by atoms with van der Waals surface area (Å²) in [4.78, 5) is 23.1. The highest BCUT2D eigenvalue weighted by molar-refractivity contribution is 5.83. The lowest BCUT2D eigenvalue weighted by Crippen LogP contribution is -2.26. The summed E-state index contributed by atoms with van der Waals surface area (Å²) in [5.74, 6) is -2.38. The van der Waals surface area contributed by atoms with Gasteiger partial charge < -0.3 is 9.84 Å². The van der Waals surface area contributed by atoms with E-state index >= 15 is 0 Å². The lowest BCUT2D eigenvalue weighted by molar-refractivity contribution is -0.158. The van der Waals surface area contributed by atoms with E-state index in [-0.39, 0.29) is 6.42 Å². The third-order valence-electron chi connectivity index (χ3n) is 2.65. The third kappa shape index (κ3) is 4.73. The molecule has 104 valence electrons. The first-order chi connectivity index (χ1) is 8.70. The molecule has 19 heavy (non-hydrogen) atoms. The average molecular weight is 264 g/mol. The maximum atomic E-state index is 11.8. The molecule has 0 saturated heterocycles. The van der Waals surface area contributed by atoms with Crippen molar-refractivity contribution in [3.05, 3.63) is 35.4 Å². The van der Waals surface area contributed by atoms with E-state index in [1.165, 1.54) is 0 Å². The number of aliphatic carboxylic acids is 1. The standard InChI is InChI=1S/C15H20O4/c1-10-7-5-6-8-11(10)12(14(17)18)9-13(16)19-15(2,3)4/h5-8,12H,9H2,1-4H3,(H,17,18)/t12-/m0/s1. The fraction of sp³-hybridized carbons (Fsp3) is 0.467. The molecule has 0 amide bonds. The predicted molar refractivity (Wildman–Crippen MR) is 72.0 cm³/mol. The molecule has 0 aliphatic carbocycles. The van der Waals surface area contributed by atoms with Crippen molar-refractivity contribution in [2.24, 2.45) is 0 Å². The molecule has 4 nitrogen and oxygen atoms in total. The van der Waals surface area contributed by atoms with Gasteiger partial charge in [-0.25, -0.2) is 0 Å². The van der Waals surface area contributed by atoms with Crippen molar-refractivity contribution in [3.63, 3.8) is 0 Å². The van der Waals surface area contributed by atoms with Crippen LogP contribution in [0.2, 0.25) is 0 Å². The maximum absolute atomic E-state index is 11.8. The largest absolute Gasteiger partial charge is 0.481 e. The minimum Gasteiger partial charge on any atom is -0.481 e. The van der Waals surface area contributed by atoms with Crippen LogP contribution in [0, 0.1) is 6.92 Å². The van der Waals surface area contributed by atoms with Gasteiger partial charge in [-0.1, -0.05) is 24.3 Å². The normalized spacial score (nSPS) is 12.8. The van der Waals surface area contributed by atoms with Crippen molar-refractivity contribution in [3.8, 4) is 0 Å². The van der Waals surface area contributed by atoms with Crippen LogP contribution in [0.5, 0.6) is 0 Å². The number of esters is 1. The lowest BCUT2D eigenvalue weighted by Gasteiger charge is -2.21. The minimum absolute atomic E-state index is 0.155. The van der Waals surface area contributed by atoms with Gasteiger partial charge in [-0.05, 0) is 38.8 Å². The number of aryl methyl sites for hydroxylation is 1. The molecule has 1 N–H and O–H groups in total. The summed E-state index contributed by atoms with van der Waals surface area (Å²) in [5, 5.41) is 9.29. The van der Waals surface area contributed by atoms with Gasteiger partial charge in [0, 0.05) is 0 Å². The summed E-state index contributed by atoms with van der Waals surface area (Å²) in [6.45, 7) is 7.11. The molecule has 1 rings (SSSR count). The molecule has 1 atom stereocenters. The molecule has 0 aromatic heterocycles. The van der Waals surface area contributed by atoms with Gasteiger partial charge in [0.2, 0.25) is 0 Å². The Morgan fingerprint density at radius 1 is 1.26 bits per heavy atom. The summed E-state index contributed by atoms with van der Waals surface area (Å²) in [5.41, 5.74) is 0.908. The van der Waals surface area contributed by atoms with Crippen molar-refractivity contribution in [1.82, 2.24) is 0 Å². The van der Waals surface area contributed by atoms with E-state index in [4.69, 9.17) is 4.74 Å². The van der Waals surface area contributed by atoms with E-state index < -0.39 is 23.5 Å². The second-order valence-corrected chi connectivity index (χ2v) is 5.54. The summed E-state index contributed by atoms with van der Waals surface area (Å²) in [6.07, 6.45) is -0.155. The second kappa shape index (κ2) is 5.87. The van der Waals surface area contributed by atoms with Crippen molar-refractivity contribution in [2.45, 2.75) is 45.6 Å². The molecule has 0 heterocycles. The Balaban J connectivity index is 2.89. The van der Waals surface area contributed by atoms with Crippen LogP contribution < -0.4 is 0 Å². The molecule has 0 unspecified atom stereocenters. The van der Waals surface area contributed by atoms with Gasteiger partial charge in [0.15, 0.2) is 0 Å². The summed E-state index contributed by atoms with van der Waals surface area (Å²) in [6, 6.07) is 7.18. The molecule has 1 aromatic rings. The highest BCUT2D eigenvalue weighted by Gasteiger charge is 2.27. The number of carboxylic acid groups (broad SMARTS) is 1. The highest BCUT2D eigenvalue weighted by atomic mass is 16.6. The topological polar surface area (TPSA) is 63.6 Å². The first-order valence-corrected chi connectivity index (χ1v) is 6.21. The maximum Gasteiger partial charge on any atom is 0.311 e. The number of rotatable bonds is 4. The fourth-order valence-electron chi connectivity index (χ4n) is 1.86. The first-order valence-electron chi connectivity index (χ1n) is 6.21. The van der Waals surface area contributed by atoms with Crippen LogP contribution >= 0.6 is 0 Å². The van der Waals surface area contributed by atoms with E-state index in [0.29, 0.717) is 5.56 Å². The Hall–Kier alpha value is -1.84. The Bertz CT molecular complexity index is 471. The van der Waals surface area contributed by atoms with Crippen LogP contribution in [0.3, 0.4) is 0 Å². The molecule has 0 spiro atoms. The number of benzene rings is 1. The van der Waals surface area contributed by atoms with Gasteiger partial charge in [-0.3, -0.25) is 9.59 Å². The van der Waals surface area contributed by atoms with Crippen LogP contribution in [0.25, 0.3) is 0 Å². The van der Waals surface area contributed by atoms with Crippen LogP contribution in [0.4, 0.5) is 0 Å². The highest BCUT2D eigenvalue weighted by Crippen LogP contribution is 2.24. The van der Waals surface area contributed by atoms with Crippen molar-refractivity contribution >= 4 is 11.9 Å². The average Bonchev–Trinajstić information content (AvgIpc) is 2.24. The molecular formula is C15H20O4. The fourth-order valence-corrected chi connectivity index (χ4v) is 1.86.